The van der Waals surface area contributed by atoms with E-state index in [-0.39, 0.29) is 6.61 Å². The number of thiazole rings is 1. The first kappa shape index (κ1) is 17.0. The Labute approximate surface area is 138 Å². The van der Waals surface area contributed by atoms with Gasteiger partial charge in [-0.1, -0.05) is 6.07 Å². The van der Waals surface area contributed by atoms with Crippen LogP contribution in [0.1, 0.15) is 25.9 Å². The van der Waals surface area contributed by atoms with Gasteiger partial charge in [-0.2, -0.15) is 0 Å². The number of anilines is 1. The van der Waals surface area contributed by atoms with Crippen molar-refractivity contribution in [3.8, 4) is 5.75 Å². The van der Waals surface area contributed by atoms with Crippen molar-refractivity contribution in [3.63, 3.8) is 0 Å². The van der Waals surface area contributed by atoms with E-state index in [0.717, 1.165) is 10.6 Å². The number of carbonyl (C=O) groups is 2. The number of amides is 1. The van der Waals surface area contributed by atoms with Crippen LogP contribution in [0.15, 0.2) is 18.2 Å². The molecule has 0 aliphatic rings. The predicted octanol–water partition coefficient (Wildman–Crippen LogP) is 2.87. The van der Waals surface area contributed by atoms with Crippen LogP contribution in [0.3, 0.4) is 0 Å². The molecule has 0 spiro atoms. The van der Waals surface area contributed by atoms with E-state index in [9.17, 15) is 9.59 Å². The van der Waals surface area contributed by atoms with Gasteiger partial charge in [0.15, 0.2) is 6.61 Å². The van der Waals surface area contributed by atoms with E-state index in [1.165, 1.54) is 18.4 Å². The molecule has 1 aromatic heterocycles. The molecule has 7 heteroatoms. The van der Waals surface area contributed by atoms with Crippen molar-refractivity contribution in [2.45, 2.75) is 20.8 Å². The molecule has 0 saturated heterocycles. The van der Waals surface area contributed by atoms with Crippen molar-refractivity contribution in [2.75, 3.05) is 19.0 Å². The fraction of sp³-hybridized carbons (Fsp3) is 0.312. The number of rotatable bonds is 5. The Morgan fingerprint density at radius 2 is 2.00 bits per heavy atom. The van der Waals surface area contributed by atoms with Crippen LogP contribution in [0.4, 0.5) is 5.69 Å². The van der Waals surface area contributed by atoms with E-state index in [2.05, 4.69) is 10.3 Å². The standard InChI is InChI=1S/C16H18N2O4S/c1-9-5-6-13(21-4)12(7-9)18-14(19)8-22-16(20)15-10(2)17-11(3)23-15/h5-7H,8H2,1-4H3,(H,18,19). The summed E-state index contributed by atoms with van der Waals surface area (Å²) in [6.07, 6.45) is 0. The zero-order valence-corrected chi connectivity index (χ0v) is 14.2. The second kappa shape index (κ2) is 7.23. The summed E-state index contributed by atoms with van der Waals surface area (Å²) in [5.41, 5.74) is 2.13. The first-order valence-corrected chi connectivity index (χ1v) is 7.78. The average Bonchev–Trinajstić information content (AvgIpc) is 2.84. The molecule has 1 heterocycles. The normalized spacial score (nSPS) is 10.3. The summed E-state index contributed by atoms with van der Waals surface area (Å²) in [5.74, 6) is -0.426. The van der Waals surface area contributed by atoms with Gasteiger partial charge in [-0.3, -0.25) is 4.79 Å². The number of nitrogens with zero attached hydrogens (tertiary/aromatic N) is 1. The highest BCUT2D eigenvalue weighted by atomic mass is 32.1. The molecule has 0 aliphatic carbocycles. The summed E-state index contributed by atoms with van der Waals surface area (Å²) in [7, 11) is 1.52. The molecular weight excluding hydrogens is 316 g/mol. The molecule has 0 unspecified atom stereocenters. The Kier molecular flexibility index (Phi) is 5.33. The lowest BCUT2D eigenvalue weighted by Crippen LogP contribution is -2.21. The molecule has 1 aromatic carbocycles. The lowest BCUT2D eigenvalue weighted by atomic mass is 10.2. The topological polar surface area (TPSA) is 77.5 Å². The molecule has 1 amide bonds. The number of nitrogens with one attached hydrogen (secondary N) is 1. The third kappa shape index (κ3) is 4.29. The Bertz CT molecular complexity index is 740. The van der Waals surface area contributed by atoms with Crippen LogP contribution in [0.2, 0.25) is 0 Å². The molecular formula is C16H18N2O4S. The molecule has 23 heavy (non-hydrogen) atoms. The third-order valence-corrected chi connectivity index (χ3v) is 4.11. The van der Waals surface area contributed by atoms with E-state index in [0.29, 0.717) is 22.0 Å². The van der Waals surface area contributed by atoms with Crippen LogP contribution in [0.25, 0.3) is 0 Å². The average molecular weight is 334 g/mol. The SMILES string of the molecule is COc1ccc(C)cc1NC(=O)COC(=O)c1sc(C)nc1C. The number of hydrogen-bond donors (Lipinski definition) is 1. The lowest BCUT2D eigenvalue weighted by molar-refractivity contribution is -0.119. The van der Waals surface area contributed by atoms with Crippen LogP contribution in [0.5, 0.6) is 5.75 Å². The summed E-state index contributed by atoms with van der Waals surface area (Å²) >= 11 is 1.25. The van der Waals surface area contributed by atoms with E-state index >= 15 is 0 Å². The molecule has 0 atom stereocenters. The van der Waals surface area contributed by atoms with Crippen LogP contribution in [-0.2, 0) is 9.53 Å². The van der Waals surface area contributed by atoms with Gasteiger partial charge in [0.25, 0.3) is 5.91 Å². The van der Waals surface area contributed by atoms with E-state index in [1.807, 2.05) is 19.9 Å². The van der Waals surface area contributed by atoms with E-state index in [1.54, 1.807) is 19.1 Å². The monoisotopic (exact) mass is 334 g/mol. The van der Waals surface area contributed by atoms with Crippen molar-refractivity contribution in [2.24, 2.45) is 0 Å². The van der Waals surface area contributed by atoms with Gasteiger partial charge in [0.2, 0.25) is 0 Å². The first-order valence-electron chi connectivity index (χ1n) is 6.96. The van der Waals surface area contributed by atoms with Crippen molar-refractivity contribution in [3.05, 3.63) is 39.3 Å². The van der Waals surface area contributed by atoms with Gasteiger partial charge in [0.05, 0.1) is 23.5 Å². The second-order valence-corrected chi connectivity index (χ2v) is 6.18. The zero-order chi connectivity index (χ0) is 17.0. The summed E-state index contributed by atoms with van der Waals surface area (Å²) in [6.45, 7) is 5.08. The van der Waals surface area contributed by atoms with Gasteiger partial charge in [-0.25, -0.2) is 9.78 Å². The minimum atomic E-state index is -0.542. The first-order chi connectivity index (χ1) is 10.9. The summed E-state index contributed by atoms with van der Waals surface area (Å²) < 4.78 is 10.2. The molecule has 6 nitrogen and oxygen atoms in total. The number of methoxy groups -OCH3 is 1. The molecule has 0 fully saturated rings. The van der Waals surface area contributed by atoms with Crippen molar-refractivity contribution in [1.82, 2.24) is 4.98 Å². The highest BCUT2D eigenvalue weighted by molar-refractivity contribution is 7.13. The third-order valence-electron chi connectivity index (χ3n) is 3.05. The zero-order valence-electron chi connectivity index (χ0n) is 13.4. The maximum Gasteiger partial charge on any atom is 0.350 e. The molecule has 2 rings (SSSR count). The summed E-state index contributed by atoms with van der Waals surface area (Å²) in [6, 6.07) is 5.43. The van der Waals surface area contributed by atoms with Gasteiger partial charge < -0.3 is 14.8 Å². The van der Waals surface area contributed by atoms with Crippen molar-refractivity contribution >= 4 is 28.9 Å². The number of ether oxygens (including phenoxy) is 2. The molecule has 0 aliphatic heterocycles. The van der Waals surface area contributed by atoms with Gasteiger partial charge in [0, 0.05) is 0 Å². The van der Waals surface area contributed by atoms with Gasteiger partial charge in [0.1, 0.15) is 10.6 Å². The number of esters is 1. The largest absolute Gasteiger partial charge is 0.495 e. The van der Waals surface area contributed by atoms with Gasteiger partial charge in [-0.15, -0.1) is 11.3 Å². The van der Waals surface area contributed by atoms with Crippen LogP contribution in [0, 0.1) is 20.8 Å². The number of aromatic nitrogens is 1. The van der Waals surface area contributed by atoms with Crippen LogP contribution in [-0.4, -0.2) is 30.6 Å². The number of carbonyl (C=O) groups excluding carboxylic acids is 2. The maximum atomic E-state index is 12.0. The fourth-order valence-corrected chi connectivity index (χ4v) is 2.84. The highest BCUT2D eigenvalue weighted by Gasteiger charge is 2.17. The molecule has 122 valence electrons. The summed E-state index contributed by atoms with van der Waals surface area (Å²) in [5, 5.41) is 3.46. The Morgan fingerprint density at radius 3 is 2.61 bits per heavy atom. The van der Waals surface area contributed by atoms with Gasteiger partial charge in [-0.05, 0) is 38.5 Å². The van der Waals surface area contributed by atoms with Crippen molar-refractivity contribution in [1.29, 1.82) is 0 Å². The predicted molar refractivity (Wildman–Crippen MR) is 88.2 cm³/mol. The minimum absolute atomic E-state index is 0.369. The number of aryl methyl sites for hydroxylation is 3. The Morgan fingerprint density at radius 1 is 1.26 bits per heavy atom. The molecule has 1 N–H and O–H groups in total. The van der Waals surface area contributed by atoms with Crippen LogP contribution >= 0.6 is 11.3 Å². The van der Waals surface area contributed by atoms with E-state index < -0.39 is 11.9 Å². The molecule has 0 bridgehead atoms. The fourth-order valence-electron chi connectivity index (χ4n) is 2.02. The smallest absolute Gasteiger partial charge is 0.350 e. The number of benzene rings is 1. The Hall–Kier alpha value is -2.41. The molecule has 0 saturated carbocycles. The lowest BCUT2D eigenvalue weighted by Gasteiger charge is -2.11. The quantitative estimate of drug-likeness (QED) is 0.851. The summed E-state index contributed by atoms with van der Waals surface area (Å²) in [4.78, 5) is 28.5. The molecule has 2 aromatic rings. The minimum Gasteiger partial charge on any atom is -0.495 e. The highest BCUT2D eigenvalue weighted by Crippen LogP contribution is 2.25. The van der Waals surface area contributed by atoms with E-state index in [4.69, 9.17) is 9.47 Å². The maximum absolute atomic E-state index is 12.0. The Balaban J connectivity index is 1.97. The van der Waals surface area contributed by atoms with Gasteiger partial charge >= 0.3 is 5.97 Å². The second-order valence-electron chi connectivity index (χ2n) is 4.98. The number of hydrogen-bond acceptors (Lipinski definition) is 6. The van der Waals surface area contributed by atoms with Crippen molar-refractivity contribution < 1.29 is 19.1 Å². The van der Waals surface area contributed by atoms with Crippen LogP contribution < -0.4 is 10.1 Å². The molecule has 0 radical (unpaired) electrons.